The highest BCUT2D eigenvalue weighted by Gasteiger charge is 2.37. The highest BCUT2D eigenvalue weighted by molar-refractivity contribution is 7.89. The minimum atomic E-state index is -3.75. The van der Waals surface area contributed by atoms with Gasteiger partial charge in [-0.25, -0.2) is 8.42 Å². The molecule has 160 valence electrons. The van der Waals surface area contributed by atoms with Crippen LogP contribution in [0.5, 0.6) is 0 Å². The van der Waals surface area contributed by atoms with Crippen molar-refractivity contribution in [2.24, 2.45) is 0 Å². The van der Waals surface area contributed by atoms with Gasteiger partial charge in [-0.2, -0.15) is 4.31 Å². The summed E-state index contributed by atoms with van der Waals surface area (Å²) in [6.45, 7) is 3.85. The van der Waals surface area contributed by atoms with E-state index in [0.717, 1.165) is 55.3 Å². The van der Waals surface area contributed by atoms with Gasteiger partial charge in [-0.15, -0.1) is 0 Å². The first-order valence-electron chi connectivity index (χ1n) is 10.9. The van der Waals surface area contributed by atoms with Crippen LogP contribution in [-0.2, 0) is 21.2 Å². The molecule has 0 saturated heterocycles. The van der Waals surface area contributed by atoms with Gasteiger partial charge in [0, 0.05) is 17.8 Å². The zero-order valence-electron chi connectivity index (χ0n) is 17.8. The van der Waals surface area contributed by atoms with E-state index in [4.69, 9.17) is 0 Å². The molecular formula is C24H30N2O3S. The summed E-state index contributed by atoms with van der Waals surface area (Å²) >= 11 is 0. The molecule has 0 N–H and O–H groups in total. The Hall–Kier alpha value is -2.18. The number of carbonyl (C=O) groups is 1. The molecule has 1 atom stereocenters. The van der Waals surface area contributed by atoms with E-state index in [1.807, 2.05) is 50.2 Å². The molecule has 30 heavy (non-hydrogen) atoms. The third-order valence-corrected chi connectivity index (χ3v) is 8.29. The van der Waals surface area contributed by atoms with Crippen LogP contribution in [0.2, 0.25) is 0 Å². The molecular weight excluding hydrogens is 396 g/mol. The standard InChI is InChI=1S/C24H30N2O3S/c1-18-12-14-22(15-13-18)30(28,29)25(21-9-4-3-5-10-21)17-24(27)26-19(2)16-20-8-6-7-11-23(20)26/h6-8,11-15,19,21H,3-5,9-10,16-17H2,1-2H3/t19-/m0/s1. The first-order valence-corrected chi connectivity index (χ1v) is 12.3. The zero-order valence-corrected chi connectivity index (χ0v) is 18.6. The molecule has 0 unspecified atom stereocenters. The number of carbonyl (C=O) groups excluding carboxylic acids is 1. The van der Waals surface area contributed by atoms with E-state index in [-0.39, 0.29) is 29.4 Å². The Bertz CT molecular complexity index is 1010. The smallest absolute Gasteiger partial charge is 0.243 e. The summed E-state index contributed by atoms with van der Waals surface area (Å²) in [5.41, 5.74) is 3.06. The fourth-order valence-corrected chi connectivity index (χ4v) is 6.41. The lowest BCUT2D eigenvalue weighted by Gasteiger charge is -2.34. The van der Waals surface area contributed by atoms with Crippen LogP contribution in [-0.4, -0.2) is 37.3 Å². The van der Waals surface area contributed by atoms with Crippen LogP contribution in [0.3, 0.4) is 0 Å². The van der Waals surface area contributed by atoms with Crippen molar-refractivity contribution < 1.29 is 13.2 Å². The van der Waals surface area contributed by atoms with Crippen molar-refractivity contribution in [1.29, 1.82) is 0 Å². The van der Waals surface area contributed by atoms with Gasteiger partial charge >= 0.3 is 0 Å². The SMILES string of the molecule is Cc1ccc(S(=O)(=O)N(CC(=O)N2c3ccccc3C[C@@H]2C)C2CCCCC2)cc1. The molecule has 6 heteroatoms. The van der Waals surface area contributed by atoms with Gasteiger partial charge in [0.25, 0.3) is 0 Å². The highest BCUT2D eigenvalue weighted by atomic mass is 32.2. The lowest BCUT2D eigenvalue weighted by molar-refractivity contribution is -0.119. The van der Waals surface area contributed by atoms with Crippen molar-refractivity contribution in [1.82, 2.24) is 4.31 Å². The second-order valence-corrected chi connectivity index (χ2v) is 10.5. The second kappa shape index (κ2) is 8.52. The van der Waals surface area contributed by atoms with E-state index < -0.39 is 10.0 Å². The number of fused-ring (bicyclic) bond motifs is 1. The summed E-state index contributed by atoms with van der Waals surface area (Å²) < 4.78 is 28.6. The Morgan fingerprint density at radius 3 is 2.40 bits per heavy atom. The largest absolute Gasteiger partial charge is 0.308 e. The van der Waals surface area contributed by atoms with Gasteiger partial charge in [0.15, 0.2) is 0 Å². The Morgan fingerprint density at radius 2 is 1.70 bits per heavy atom. The number of hydrogen-bond donors (Lipinski definition) is 0. The second-order valence-electron chi connectivity index (χ2n) is 8.60. The average Bonchev–Trinajstić information content (AvgIpc) is 3.08. The summed E-state index contributed by atoms with van der Waals surface area (Å²) in [6.07, 6.45) is 5.55. The van der Waals surface area contributed by atoms with Gasteiger partial charge in [0.1, 0.15) is 0 Å². The summed E-state index contributed by atoms with van der Waals surface area (Å²) in [5.74, 6) is -0.145. The number of amides is 1. The molecule has 2 aromatic rings. The number of rotatable bonds is 5. The molecule has 1 heterocycles. The number of hydrogen-bond acceptors (Lipinski definition) is 3. The number of benzene rings is 2. The Kier molecular flexibility index (Phi) is 5.98. The maximum Gasteiger partial charge on any atom is 0.243 e. The predicted molar refractivity (Wildman–Crippen MR) is 119 cm³/mol. The van der Waals surface area contributed by atoms with E-state index in [2.05, 4.69) is 0 Å². The Morgan fingerprint density at radius 1 is 1.03 bits per heavy atom. The number of anilines is 1. The van der Waals surface area contributed by atoms with Crippen LogP contribution in [0.15, 0.2) is 53.4 Å². The van der Waals surface area contributed by atoms with E-state index in [1.165, 1.54) is 4.31 Å². The highest BCUT2D eigenvalue weighted by Crippen LogP contribution is 2.33. The summed E-state index contributed by atoms with van der Waals surface area (Å²) in [7, 11) is -3.75. The van der Waals surface area contributed by atoms with Crippen LogP contribution in [0.25, 0.3) is 0 Å². The quantitative estimate of drug-likeness (QED) is 0.716. The van der Waals surface area contributed by atoms with Gasteiger partial charge in [-0.3, -0.25) is 4.79 Å². The van der Waals surface area contributed by atoms with Crippen LogP contribution < -0.4 is 4.90 Å². The molecule has 4 rings (SSSR count). The maximum atomic E-state index is 13.6. The first kappa shape index (κ1) is 21.1. The van der Waals surface area contributed by atoms with Crippen molar-refractivity contribution in [2.45, 2.75) is 69.4 Å². The van der Waals surface area contributed by atoms with Crippen LogP contribution in [0, 0.1) is 6.92 Å². The number of para-hydroxylation sites is 1. The molecule has 0 aromatic heterocycles. The van der Waals surface area contributed by atoms with Crippen molar-refractivity contribution >= 4 is 21.6 Å². The molecule has 1 amide bonds. The van der Waals surface area contributed by atoms with Gasteiger partial charge in [0.2, 0.25) is 15.9 Å². The minimum Gasteiger partial charge on any atom is -0.308 e. The summed E-state index contributed by atoms with van der Waals surface area (Å²) in [6, 6.07) is 14.7. The normalized spacial score (nSPS) is 19.8. The lowest BCUT2D eigenvalue weighted by Crippen LogP contribution is -2.49. The van der Waals surface area contributed by atoms with Gasteiger partial charge in [-0.1, -0.05) is 55.2 Å². The Balaban J connectivity index is 1.65. The number of sulfonamides is 1. The van der Waals surface area contributed by atoms with Crippen molar-refractivity contribution in [3.8, 4) is 0 Å². The zero-order chi connectivity index (χ0) is 21.3. The molecule has 2 aliphatic rings. The van der Waals surface area contributed by atoms with Crippen LogP contribution >= 0.6 is 0 Å². The predicted octanol–water partition coefficient (Wildman–Crippen LogP) is 4.30. The molecule has 2 aromatic carbocycles. The molecule has 1 aliphatic carbocycles. The van der Waals surface area contributed by atoms with E-state index in [0.29, 0.717) is 0 Å². The fourth-order valence-electron chi connectivity index (χ4n) is 4.78. The molecule has 0 radical (unpaired) electrons. The summed E-state index contributed by atoms with van der Waals surface area (Å²) in [4.78, 5) is 15.5. The summed E-state index contributed by atoms with van der Waals surface area (Å²) in [5, 5.41) is 0. The molecule has 0 bridgehead atoms. The molecule has 5 nitrogen and oxygen atoms in total. The maximum absolute atomic E-state index is 13.6. The van der Waals surface area contributed by atoms with Gasteiger partial charge < -0.3 is 4.90 Å². The lowest BCUT2D eigenvalue weighted by atomic mass is 9.95. The minimum absolute atomic E-state index is 0.0326. The topological polar surface area (TPSA) is 57.7 Å². The number of aryl methyl sites for hydroxylation is 1. The van der Waals surface area contributed by atoms with Crippen molar-refractivity contribution in [3.63, 3.8) is 0 Å². The molecule has 0 spiro atoms. The van der Waals surface area contributed by atoms with Crippen LogP contribution in [0.4, 0.5) is 5.69 Å². The fraction of sp³-hybridized carbons (Fsp3) is 0.458. The Labute approximate surface area is 179 Å². The number of nitrogens with zero attached hydrogens (tertiary/aromatic N) is 2. The van der Waals surface area contributed by atoms with Crippen LogP contribution in [0.1, 0.15) is 50.2 Å². The molecule has 1 fully saturated rings. The molecule has 1 aliphatic heterocycles. The van der Waals surface area contributed by atoms with E-state index in [1.54, 1.807) is 17.0 Å². The third-order valence-electron chi connectivity index (χ3n) is 6.38. The average molecular weight is 427 g/mol. The third kappa shape index (κ3) is 4.03. The van der Waals surface area contributed by atoms with Gasteiger partial charge in [-0.05, 0) is 56.9 Å². The van der Waals surface area contributed by atoms with Crippen molar-refractivity contribution in [3.05, 3.63) is 59.7 Å². The monoisotopic (exact) mass is 426 g/mol. The van der Waals surface area contributed by atoms with E-state index >= 15 is 0 Å². The molecule has 1 saturated carbocycles. The van der Waals surface area contributed by atoms with Gasteiger partial charge in [0.05, 0.1) is 11.4 Å². The van der Waals surface area contributed by atoms with Crippen molar-refractivity contribution in [2.75, 3.05) is 11.4 Å². The first-order chi connectivity index (χ1) is 14.4. The van der Waals surface area contributed by atoms with E-state index in [9.17, 15) is 13.2 Å².